The first kappa shape index (κ1) is 14.3. The Labute approximate surface area is 125 Å². The SMILES string of the molecule is COc1ccc(/C(=C\C(=O)O)c2cccc(Br)c2)cc1. The zero-order valence-corrected chi connectivity index (χ0v) is 12.4. The van der Waals surface area contributed by atoms with Crippen molar-refractivity contribution < 1.29 is 14.6 Å². The number of hydrogen-bond acceptors (Lipinski definition) is 2. The van der Waals surface area contributed by atoms with Crippen LogP contribution < -0.4 is 4.74 Å². The van der Waals surface area contributed by atoms with Crippen LogP contribution in [0.2, 0.25) is 0 Å². The molecule has 0 spiro atoms. The van der Waals surface area contributed by atoms with Crippen molar-refractivity contribution >= 4 is 27.5 Å². The van der Waals surface area contributed by atoms with E-state index in [-0.39, 0.29) is 0 Å². The molecule has 0 radical (unpaired) electrons. The van der Waals surface area contributed by atoms with Crippen LogP contribution in [0.3, 0.4) is 0 Å². The minimum atomic E-state index is -0.976. The van der Waals surface area contributed by atoms with Crippen LogP contribution in [0.25, 0.3) is 5.57 Å². The molecule has 2 aromatic rings. The molecule has 0 unspecified atom stereocenters. The van der Waals surface area contributed by atoms with Gasteiger partial charge in [0.2, 0.25) is 0 Å². The van der Waals surface area contributed by atoms with Crippen LogP contribution in [0.15, 0.2) is 59.1 Å². The van der Waals surface area contributed by atoms with Crippen molar-refractivity contribution in [2.45, 2.75) is 0 Å². The number of carbonyl (C=O) groups is 1. The van der Waals surface area contributed by atoms with Gasteiger partial charge in [-0.2, -0.15) is 0 Å². The number of methoxy groups -OCH3 is 1. The highest BCUT2D eigenvalue weighted by atomic mass is 79.9. The number of benzene rings is 2. The van der Waals surface area contributed by atoms with Crippen LogP contribution in [-0.2, 0) is 4.79 Å². The number of rotatable bonds is 4. The van der Waals surface area contributed by atoms with Crippen LogP contribution in [0, 0.1) is 0 Å². The lowest BCUT2D eigenvalue weighted by Gasteiger charge is -2.09. The predicted octanol–water partition coefficient (Wildman–Crippen LogP) is 3.97. The predicted molar refractivity (Wildman–Crippen MR) is 81.9 cm³/mol. The van der Waals surface area contributed by atoms with Crippen molar-refractivity contribution in [3.63, 3.8) is 0 Å². The Morgan fingerprint density at radius 1 is 1.15 bits per heavy atom. The molecule has 1 N–H and O–H groups in total. The average molecular weight is 333 g/mol. The number of carboxylic acids is 1. The van der Waals surface area contributed by atoms with Gasteiger partial charge in [0.05, 0.1) is 7.11 Å². The summed E-state index contributed by atoms with van der Waals surface area (Å²) in [5, 5.41) is 9.06. The van der Waals surface area contributed by atoms with E-state index >= 15 is 0 Å². The molecule has 0 saturated carbocycles. The molecule has 0 aliphatic rings. The first-order valence-electron chi connectivity index (χ1n) is 5.95. The summed E-state index contributed by atoms with van der Waals surface area (Å²) in [6.45, 7) is 0. The summed E-state index contributed by atoms with van der Waals surface area (Å²) >= 11 is 3.40. The van der Waals surface area contributed by atoms with Crippen LogP contribution in [-0.4, -0.2) is 18.2 Å². The second-order valence-electron chi connectivity index (χ2n) is 4.14. The van der Waals surface area contributed by atoms with Gasteiger partial charge in [-0.05, 0) is 41.0 Å². The molecular weight excluding hydrogens is 320 g/mol. The van der Waals surface area contributed by atoms with Crippen molar-refractivity contribution in [2.24, 2.45) is 0 Å². The van der Waals surface area contributed by atoms with Gasteiger partial charge in [0.25, 0.3) is 0 Å². The highest BCUT2D eigenvalue weighted by Crippen LogP contribution is 2.27. The second kappa shape index (κ2) is 6.39. The third-order valence-corrected chi connectivity index (χ3v) is 3.30. The van der Waals surface area contributed by atoms with Gasteiger partial charge in [-0.25, -0.2) is 4.79 Å². The molecular formula is C16H13BrO3. The third-order valence-electron chi connectivity index (χ3n) is 2.80. The lowest BCUT2D eigenvalue weighted by molar-refractivity contribution is -0.131. The van der Waals surface area contributed by atoms with E-state index < -0.39 is 5.97 Å². The molecule has 4 heteroatoms. The summed E-state index contributed by atoms with van der Waals surface area (Å²) < 4.78 is 6.01. The van der Waals surface area contributed by atoms with Gasteiger partial charge < -0.3 is 9.84 Å². The molecule has 20 heavy (non-hydrogen) atoms. The lowest BCUT2D eigenvalue weighted by Crippen LogP contribution is -1.95. The largest absolute Gasteiger partial charge is 0.497 e. The number of aliphatic carboxylic acids is 1. The highest BCUT2D eigenvalue weighted by Gasteiger charge is 2.08. The summed E-state index contributed by atoms with van der Waals surface area (Å²) in [6, 6.07) is 14.8. The average Bonchev–Trinajstić information content (AvgIpc) is 2.45. The quantitative estimate of drug-likeness (QED) is 0.861. The van der Waals surface area contributed by atoms with E-state index in [4.69, 9.17) is 9.84 Å². The van der Waals surface area contributed by atoms with Crippen molar-refractivity contribution in [3.05, 3.63) is 70.2 Å². The summed E-state index contributed by atoms with van der Waals surface area (Å²) in [5.74, 6) is -0.242. The molecule has 2 aromatic carbocycles. The fraction of sp³-hybridized carbons (Fsp3) is 0.0625. The van der Waals surface area contributed by atoms with E-state index in [0.717, 1.165) is 21.3 Å². The molecule has 0 aromatic heterocycles. The van der Waals surface area contributed by atoms with Crippen molar-refractivity contribution in [2.75, 3.05) is 7.11 Å². The number of carboxylic acid groups (broad SMARTS) is 1. The maximum atomic E-state index is 11.1. The van der Waals surface area contributed by atoms with E-state index in [1.165, 1.54) is 6.08 Å². The Morgan fingerprint density at radius 2 is 1.85 bits per heavy atom. The Bertz CT molecular complexity index is 645. The third kappa shape index (κ3) is 3.48. The summed E-state index contributed by atoms with van der Waals surface area (Å²) in [4.78, 5) is 11.1. The van der Waals surface area contributed by atoms with Gasteiger partial charge in [-0.15, -0.1) is 0 Å². The topological polar surface area (TPSA) is 46.5 Å². The smallest absolute Gasteiger partial charge is 0.328 e. The maximum absolute atomic E-state index is 11.1. The van der Waals surface area contributed by atoms with E-state index in [1.54, 1.807) is 7.11 Å². The van der Waals surface area contributed by atoms with Crippen molar-refractivity contribution in [1.82, 2.24) is 0 Å². The molecule has 0 aliphatic heterocycles. The van der Waals surface area contributed by atoms with Gasteiger partial charge in [0.1, 0.15) is 5.75 Å². The molecule has 0 saturated heterocycles. The Kier molecular flexibility index (Phi) is 4.58. The molecule has 0 amide bonds. The molecule has 3 nitrogen and oxygen atoms in total. The minimum Gasteiger partial charge on any atom is -0.497 e. The standard InChI is InChI=1S/C16H13BrO3/c1-20-14-7-5-11(6-8-14)15(10-16(18)19)12-3-2-4-13(17)9-12/h2-10H,1H3,(H,18,19)/b15-10+. The second-order valence-corrected chi connectivity index (χ2v) is 5.05. The zero-order chi connectivity index (χ0) is 14.5. The highest BCUT2D eigenvalue weighted by molar-refractivity contribution is 9.10. The van der Waals surface area contributed by atoms with Gasteiger partial charge in [-0.1, -0.05) is 40.2 Å². The van der Waals surface area contributed by atoms with Crippen LogP contribution in [0.4, 0.5) is 0 Å². The normalized spacial score (nSPS) is 11.2. The van der Waals surface area contributed by atoms with Gasteiger partial charge in [0, 0.05) is 10.5 Å². The summed E-state index contributed by atoms with van der Waals surface area (Å²) in [6.07, 6.45) is 1.21. The van der Waals surface area contributed by atoms with Crippen molar-refractivity contribution in [3.8, 4) is 5.75 Å². The van der Waals surface area contributed by atoms with Gasteiger partial charge in [0.15, 0.2) is 0 Å². The molecule has 102 valence electrons. The molecule has 0 heterocycles. The molecule has 0 aliphatic carbocycles. The van der Waals surface area contributed by atoms with Gasteiger partial charge >= 0.3 is 5.97 Å². The fourth-order valence-electron chi connectivity index (χ4n) is 1.88. The lowest BCUT2D eigenvalue weighted by atomic mass is 9.97. The van der Waals surface area contributed by atoms with Crippen LogP contribution in [0.5, 0.6) is 5.75 Å². The van der Waals surface area contributed by atoms with E-state index in [9.17, 15) is 4.79 Å². The number of ether oxygens (including phenoxy) is 1. The monoisotopic (exact) mass is 332 g/mol. The van der Waals surface area contributed by atoms with Crippen molar-refractivity contribution in [1.29, 1.82) is 0 Å². The Morgan fingerprint density at radius 3 is 2.40 bits per heavy atom. The maximum Gasteiger partial charge on any atom is 0.328 e. The van der Waals surface area contributed by atoms with E-state index in [1.807, 2.05) is 48.5 Å². The summed E-state index contributed by atoms with van der Waals surface area (Å²) in [5.41, 5.74) is 2.32. The first-order chi connectivity index (χ1) is 9.60. The minimum absolute atomic E-state index is 0.654. The van der Waals surface area contributed by atoms with Crippen LogP contribution >= 0.6 is 15.9 Å². The zero-order valence-electron chi connectivity index (χ0n) is 10.8. The Hall–Kier alpha value is -2.07. The number of hydrogen-bond donors (Lipinski definition) is 1. The first-order valence-corrected chi connectivity index (χ1v) is 6.74. The molecule has 2 rings (SSSR count). The summed E-state index contributed by atoms with van der Waals surface area (Å²) in [7, 11) is 1.59. The molecule has 0 atom stereocenters. The van der Waals surface area contributed by atoms with E-state index in [0.29, 0.717) is 5.57 Å². The van der Waals surface area contributed by atoms with Crippen LogP contribution in [0.1, 0.15) is 11.1 Å². The molecule has 0 bridgehead atoms. The van der Waals surface area contributed by atoms with Gasteiger partial charge in [-0.3, -0.25) is 0 Å². The van der Waals surface area contributed by atoms with E-state index in [2.05, 4.69) is 15.9 Å². The number of halogens is 1. The Balaban J connectivity index is 2.50. The molecule has 0 fully saturated rings. The fourth-order valence-corrected chi connectivity index (χ4v) is 2.28.